The lowest BCUT2D eigenvalue weighted by Crippen LogP contribution is -2.61. The number of hydrogen-bond acceptors (Lipinski definition) is 13. The fraction of sp³-hybridized carbons (Fsp3) is 0.588. The fourth-order valence-corrected chi connectivity index (χ4v) is 3.83. The molecule has 1 aliphatic heterocycles. The Morgan fingerprint density at radius 2 is 1.47 bits per heavy atom. The topological polar surface area (TPSA) is 193 Å². The van der Waals surface area contributed by atoms with Crippen molar-refractivity contribution in [3.63, 3.8) is 0 Å². The van der Waals surface area contributed by atoms with Crippen molar-refractivity contribution in [3.05, 3.63) is 20.8 Å². The number of thioether (sulfide) groups is 1. The second-order valence-corrected chi connectivity index (χ2v) is 7.58. The first-order valence-corrected chi connectivity index (χ1v) is 10.0. The van der Waals surface area contributed by atoms with Crippen molar-refractivity contribution in [1.82, 2.24) is 15.2 Å². The van der Waals surface area contributed by atoms with Crippen LogP contribution in [0.5, 0.6) is 0 Å². The SMILES string of the molecule is CC(=O)OC[C@@H]1O[C@H](Sc2n[nH]c(=O)[nH]c2=O)[C@H](OC(C)=O)[C@@H](OC(C)=O)[C@@H]1OC(C)=O. The van der Waals surface area contributed by atoms with Gasteiger partial charge in [-0.2, -0.15) is 5.10 Å². The number of aromatic amines is 2. The normalized spacial score (nSPS) is 24.8. The van der Waals surface area contributed by atoms with E-state index in [2.05, 4.69) is 5.10 Å². The number of carbonyl (C=O) groups excluding carboxylic acids is 4. The molecule has 1 aliphatic rings. The third kappa shape index (κ3) is 6.91. The van der Waals surface area contributed by atoms with Gasteiger partial charge in [-0.3, -0.25) is 29.0 Å². The summed E-state index contributed by atoms with van der Waals surface area (Å²) in [6.07, 6.45) is -5.24. The molecule has 0 amide bonds. The Balaban J connectivity index is 2.49. The highest BCUT2D eigenvalue weighted by Crippen LogP contribution is 2.36. The summed E-state index contributed by atoms with van der Waals surface area (Å²) in [5, 5.41) is 5.41. The van der Waals surface area contributed by atoms with Gasteiger partial charge < -0.3 is 23.7 Å². The lowest BCUT2D eigenvalue weighted by molar-refractivity contribution is -0.237. The van der Waals surface area contributed by atoms with E-state index in [4.69, 9.17) is 23.7 Å². The van der Waals surface area contributed by atoms with Crippen LogP contribution in [0, 0.1) is 0 Å². The van der Waals surface area contributed by atoms with Crippen LogP contribution in [-0.2, 0) is 42.9 Å². The van der Waals surface area contributed by atoms with Crippen molar-refractivity contribution in [2.45, 2.75) is 62.6 Å². The summed E-state index contributed by atoms with van der Waals surface area (Å²) in [7, 11) is 0. The molecule has 0 bridgehead atoms. The molecule has 15 heteroatoms. The van der Waals surface area contributed by atoms with Crippen LogP contribution in [-0.4, -0.2) is 75.5 Å². The highest BCUT2D eigenvalue weighted by atomic mass is 32.2. The maximum absolute atomic E-state index is 12.1. The molecule has 0 saturated carbocycles. The summed E-state index contributed by atoms with van der Waals surface area (Å²) < 4.78 is 26.6. The third-order valence-electron chi connectivity index (χ3n) is 3.86. The van der Waals surface area contributed by atoms with Gasteiger partial charge in [0.25, 0.3) is 5.56 Å². The molecule has 2 rings (SSSR count). The number of aromatic nitrogens is 3. The molecule has 1 fully saturated rings. The van der Waals surface area contributed by atoms with Gasteiger partial charge in [0.15, 0.2) is 28.8 Å². The maximum atomic E-state index is 12.1. The number of hydrogen-bond donors (Lipinski definition) is 2. The maximum Gasteiger partial charge on any atom is 0.342 e. The molecule has 176 valence electrons. The summed E-state index contributed by atoms with van der Waals surface area (Å²) in [6.45, 7) is 4.00. The number of esters is 4. The van der Waals surface area contributed by atoms with Crippen LogP contribution in [0.3, 0.4) is 0 Å². The first kappa shape index (κ1) is 25.1. The third-order valence-corrected chi connectivity index (χ3v) is 4.97. The molecule has 0 unspecified atom stereocenters. The van der Waals surface area contributed by atoms with Gasteiger partial charge >= 0.3 is 29.6 Å². The Bertz CT molecular complexity index is 990. The molecule has 5 atom stereocenters. The summed E-state index contributed by atoms with van der Waals surface area (Å²) in [6, 6.07) is 0. The van der Waals surface area contributed by atoms with E-state index >= 15 is 0 Å². The second kappa shape index (κ2) is 10.9. The van der Waals surface area contributed by atoms with Gasteiger partial charge in [-0.25, -0.2) is 9.89 Å². The summed E-state index contributed by atoms with van der Waals surface area (Å²) in [4.78, 5) is 71.7. The molecule has 1 aromatic heterocycles. The van der Waals surface area contributed by atoms with Gasteiger partial charge in [-0.05, 0) is 0 Å². The molecule has 0 spiro atoms. The molecule has 0 radical (unpaired) electrons. The van der Waals surface area contributed by atoms with Gasteiger partial charge in [0.2, 0.25) is 0 Å². The number of H-pyrrole nitrogens is 2. The summed E-state index contributed by atoms with van der Waals surface area (Å²) in [5.41, 5.74) is -2.94. The zero-order valence-corrected chi connectivity index (χ0v) is 18.3. The molecule has 1 aromatic rings. The highest BCUT2D eigenvalue weighted by molar-refractivity contribution is 7.99. The van der Waals surface area contributed by atoms with Crippen LogP contribution in [0.25, 0.3) is 0 Å². The second-order valence-electron chi connectivity index (χ2n) is 6.50. The predicted octanol–water partition coefficient (Wildman–Crippen LogP) is -1.37. The van der Waals surface area contributed by atoms with Gasteiger partial charge in [0, 0.05) is 27.7 Å². The van der Waals surface area contributed by atoms with E-state index in [-0.39, 0.29) is 5.03 Å². The average molecular weight is 475 g/mol. The lowest BCUT2D eigenvalue weighted by Gasteiger charge is -2.43. The van der Waals surface area contributed by atoms with Gasteiger partial charge in [0.05, 0.1) is 0 Å². The van der Waals surface area contributed by atoms with Crippen molar-refractivity contribution < 1.29 is 42.9 Å². The molecular formula is C17H21N3O11S. The summed E-state index contributed by atoms with van der Waals surface area (Å²) >= 11 is 0.643. The number of nitrogens with one attached hydrogen (secondary N) is 2. The van der Waals surface area contributed by atoms with Crippen molar-refractivity contribution >= 4 is 35.6 Å². The van der Waals surface area contributed by atoms with Crippen LogP contribution in [0.15, 0.2) is 14.6 Å². The quantitative estimate of drug-likeness (QED) is 0.347. The molecule has 0 aromatic carbocycles. The average Bonchev–Trinajstić information content (AvgIpc) is 2.65. The van der Waals surface area contributed by atoms with E-state index in [1.165, 1.54) is 0 Å². The van der Waals surface area contributed by atoms with Crippen LogP contribution >= 0.6 is 11.8 Å². The number of ether oxygens (including phenoxy) is 5. The van der Waals surface area contributed by atoms with E-state index in [1.54, 1.807) is 0 Å². The molecular weight excluding hydrogens is 454 g/mol. The van der Waals surface area contributed by atoms with E-state index in [9.17, 15) is 28.8 Å². The number of rotatable bonds is 7. The van der Waals surface area contributed by atoms with Crippen LogP contribution in [0.1, 0.15) is 27.7 Å². The Kier molecular flexibility index (Phi) is 8.54. The van der Waals surface area contributed by atoms with E-state index in [1.807, 2.05) is 10.1 Å². The fourth-order valence-electron chi connectivity index (χ4n) is 2.81. The van der Waals surface area contributed by atoms with E-state index in [0.717, 1.165) is 27.7 Å². The molecule has 1 saturated heterocycles. The minimum Gasteiger partial charge on any atom is -0.463 e. The van der Waals surface area contributed by atoms with E-state index < -0.39 is 71.6 Å². The van der Waals surface area contributed by atoms with Gasteiger partial charge in [0.1, 0.15) is 12.7 Å². The lowest BCUT2D eigenvalue weighted by atomic mass is 9.99. The number of carbonyl (C=O) groups is 4. The van der Waals surface area contributed by atoms with Crippen LogP contribution in [0.4, 0.5) is 0 Å². The molecule has 2 heterocycles. The van der Waals surface area contributed by atoms with Gasteiger partial charge in [-0.1, -0.05) is 11.8 Å². The van der Waals surface area contributed by atoms with Crippen molar-refractivity contribution in [2.75, 3.05) is 6.61 Å². The minimum absolute atomic E-state index is 0.259. The Labute approximate surface area is 184 Å². The Morgan fingerprint density at radius 3 is 2.00 bits per heavy atom. The monoisotopic (exact) mass is 475 g/mol. The standard InChI is InChI=1S/C17H21N3O11S/c1-6(21)27-5-10-11(28-7(2)22)12(29-8(3)23)13(30-9(4)24)16(31-10)32-15-14(25)18-17(26)20-19-15/h10-13,16H,5H2,1-4H3,(H2,18,20,25,26)/t10-,11+,12-,13+,16+/m0/s1. The first-order valence-electron chi connectivity index (χ1n) is 9.14. The highest BCUT2D eigenvalue weighted by Gasteiger charge is 2.52. The van der Waals surface area contributed by atoms with Crippen molar-refractivity contribution in [3.8, 4) is 0 Å². The molecule has 2 N–H and O–H groups in total. The van der Waals surface area contributed by atoms with E-state index in [0.29, 0.717) is 11.8 Å². The molecule has 32 heavy (non-hydrogen) atoms. The van der Waals surface area contributed by atoms with Crippen molar-refractivity contribution in [1.29, 1.82) is 0 Å². The zero-order valence-electron chi connectivity index (χ0n) is 17.4. The minimum atomic E-state index is -1.38. The van der Waals surface area contributed by atoms with Gasteiger partial charge in [-0.15, -0.1) is 0 Å². The predicted molar refractivity (Wildman–Crippen MR) is 103 cm³/mol. The first-order chi connectivity index (χ1) is 15.0. The summed E-state index contributed by atoms with van der Waals surface area (Å²) in [5.74, 6) is -3.01. The largest absolute Gasteiger partial charge is 0.463 e. The zero-order chi connectivity index (χ0) is 24.0. The molecule has 14 nitrogen and oxygen atoms in total. The van der Waals surface area contributed by atoms with Crippen molar-refractivity contribution in [2.24, 2.45) is 0 Å². The van der Waals surface area contributed by atoms with Crippen LogP contribution < -0.4 is 11.2 Å². The Hall–Kier alpha value is -3.20. The molecule has 0 aliphatic carbocycles. The smallest absolute Gasteiger partial charge is 0.342 e. The number of nitrogens with zero attached hydrogens (tertiary/aromatic N) is 1. The van der Waals surface area contributed by atoms with Crippen LogP contribution in [0.2, 0.25) is 0 Å². The Morgan fingerprint density at radius 1 is 0.906 bits per heavy atom.